The van der Waals surface area contributed by atoms with Gasteiger partial charge in [-0.1, -0.05) is 0 Å². The Kier molecular flexibility index (Phi) is 6.68. The van der Waals surface area contributed by atoms with Crippen molar-refractivity contribution in [2.45, 2.75) is 12.8 Å². The highest BCUT2D eigenvalue weighted by atomic mass is 32.2. The van der Waals surface area contributed by atoms with Crippen LogP contribution in [-0.2, 0) is 10.2 Å². The van der Waals surface area contributed by atoms with E-state index in [1.807, 2.05) is 7.05 Å². The van der Waals surface area contributed by atoms with Crippen LogP contribution in [0.1, 0.15) is 12.8 Å². The van der Waals surface area contributed by atoms with Gasteiger partial charge in [-0.15, -0.1) is 0 Å². The summed E-state index contributed by atoms with van der Waals surface area (Å²) in [5.74, 6) is 0.454. The van der Waals surface area contributed by atoms with Crippen molar-refractivity contribution in [1.82, 2.24) is 18.8 Å². The molecule has 0 aliphatic carbocycles. The zero-order valence-electron chi connectivity index (χ0n) is 12.6. The van der Waals surface area contributed by atoms with Crippen molar-refractivity contribution >= 4 is 10.2 Å². The average Bonchev–Trinajstić information content (AvgIpc) is 2.74. The summed E-state index contributed by atoms with van der Waals surface area (Å²) in [5.41, 5.74) is 0. The van der Waals surface area contributed by atoms with Gasteiger partial charge in [0.15, 0.2) is 0 Å². The van der Waals surface area contributed by atoms with Crippen LogP contribution in [-0.4, -0.2) is 82.8 Å². The molecule has 7 heteroatoms. The smallest absolute Gasteiger partial charge is 0.281 e. The summed E-state index contributed by atoms with van der Waals surface area (Å²) < 4.78 is 27.6. The third-order valence-corrected chi connectivity index (χ3v) is 5.60. The lowest BCUT2D eigenvalue weighted by Crippen LogP contribution is -2.42. The molecule has 0 amide bonds. The molecule has 0 saturated carbocycles. The highest BCUT2D eigenvalue weighted by Gasteiger charge is 2.28. The zero-order valence-corrected chi connectivity index (χ0v) is 13.4. The number of nitrogens with one attached hydrogen (secondary N) is 1. The SMILES string of the molecule is CNCCCN(C)S(=O)(=O)N(C)CC1CCN(C)C1. The van der Waals surface area contributed by atoms with E-state index < -0.39 is 10.2 Å². The molecule has 1 heterocycles. The van der Waals surface area contributed by atoms with E-state index in [2.05, 4.69) is 17.3 Å². The average molecular weight is 292 g/mol. The van der Waals surface area contributed by atoms with Crippen molar-refractivity contribution < 1.29 is 8.42 Å². The molecule has 114 valence electrons. The summed E-state index contributed by atoms with van der Waals surface area (Å²) in [7, 11) is 3.99. The van der Waals surface area contributed by atoms with E-state index in [1.54, 1.807) is 14.1 Å². The molecule has 1 saturated heterocycles. The van der Waals surface area contributed by atoms with E-state index in [0.29, 0.717) is 19.0 Å². The molecule has 1 fully saturated rings. The van der Waals surface area contributed by atoms with Gasteiger partial charge >= 0.3 is 0 Å². The summed E-state index contributed by atoms with van der Waals surface area (Å²) >= 11 is 0. The van der Waals surface area contributed by atoms with Gasteiger partial charge in [0.05, 0.1) is 0 Å². The fourth-order valence-electron chi connectivity index (χ4n) is 2.46. The highest BCUT2D eigenvalue weighted by molar-refractivity contribution is 7.86. The molecule has 1 atom stereocenters. The monoisotopic (exact) mass is 292 g/mol. The first-order valence-corrected chi connectivity index (χ1v) is 8.28. The minimum absolute atomic E-state index is 0.454. The van der Waals surface area contributed by atoms with Gasteiger partial charge in [-0.3, -0.25) is 0 Å². The van der Waals surface area contributed by atoms with Crippen LogP contribution >= 0.6 is 0 Å². The fraction of sp³-hybridized carbons (Fsp3) is 1.00. The lowest BCUT2D eigenvalue weighted by Gasteiger charge is -2.26. The molecule has 1 aliphatic rings. The summed E-state index contributed by atoms with van der Waals surface area (Å²) in [6.07, 6.45) is 1.91. The molecule has 1 rings (SSSR count). The second-order valence-corrected chi connectivity index (χ2v) is 7.63. The molecule has 19 heavy (non-hydrogen) atoms. The van der Waals surface area contributed by atoms with Crippen LogP contribution in [0.3, 0.4) is 0 Å². The van der Waals surface area contributed by atoms with Crippen LogP contribution in [0.5, 0.6) is 0 Å². The summed E-state index contributed by atoms with van der Waals surface area (Å²) in [6.45, 7) is 4.05. The van der Waals surface area contributed by atoms with Gasteiger partial charge in [0.2, 0.25) is 0 Å². The van der Waals surface area contributed by atoms with Crippen LogP contribution < -0.4 is 5.32 Å². The van der Waals surface area contributed by atoms with Gasteiger partial charge in [0, 0.05) is 33.7 Å². The Morgan fingerprint density at radius 3 is 2.53 bits per heavy atom. The minimum Gasteiger partial charge on any atom is -0.320 e. The molecule has 0 aromatic rings. The number of rotatable bonds is 8. The van der Waals surface area contributed by atoms with Gasteiger partial charge in [0.25, 0.3) is 10.2 Å². The van der Waals surface area contributed by atoms with Crippen molar-refractivity contribution in [3.63, 3.8) is 0 Å². The quantitative estimate of drug-likeness (QED) is 0.622. The number of nitrogens with zero attached hydrogens (tertiary/aromatic N) is 3. The maximum atomic E-state index is 12.3. The normalized spacial score (nSPS) is 21.7. The Morgan fingerprint density at radius 1 is 1.32 bits per heavy atom. The van der Waals surface area contributed by atoms with Gasteiger partial charge < -0.3 is 10.2 Å². The molecular formula is C12H28N4O2S. The number of hydrogen-bond acceptors (Lipinski definition) is 4. The molecule has 1 aliphatic heterocycles. The van der Waals surface area contributed by atoms with Gasteiger partial charge in [0.1, 0.15) is 0 Å². The van der Waals surface area contributed by atoms with Crippen molar-refractivity contribution in [3.05, 3.63) is 0 Å². The van der Waals surface area contributed by atoms with Crippen LogP contribution in [0.25, 0.3) is 0 Å². The molecular weight excluding hydrogens is 264 g/mol. The second kappa shape index (κ2) is 7.54. The number of likely N-dealkylation sites (tertiary alicyclic amines) is 1. The molecule has 6 nitrogen and oxygen atoms in total. The van der Waals surface area contributed by atoms with E-state index in [1.165, 1.54) is 8.61 Å². The predicted octanol–water partition coefficient (Wildman–Crippen LogP) is -0.344. The molecule has 0 spiro atoms. The van der Waals surface area contributed by atoms with E-state index in [4.69, 9.17) is 0 Å². The van der Waals surface area contributed by atoms with Crippen molar-refractivity contribution in [2.75, 3.05) is 60.9 Å². The molecule has 0 aromatic heterocycles. The van der Waals surface area contributed by atoms with Gasteiger partial charge in [-0.2, -0.15) is 17.0 Å². The predicted molar refractivity (Wildman–Crippen MR) is 78.3 cm³/mol. The van der Waals surface area contributed by atoms with Gasteiger partial charge in [-0.05, 0) is 45.9 Å². The van der Waals surface area contributed by atoms with Crippen LogP contribution in [0.2, 0.25) is 0 Å². The first kappa shape index (κ1) is 16.8. The Hall–Kier alpha value is -0.210. The van der Waals surface area contributed by atoms with E-state index >= 15 is 0 Å². The Morgan fingerprint density at radius 2 is 2.00 bits per heavy atom. The zero-order chi connectivity index (χ0) is 14.5. The highest BCUT2D eigenvalue weighted by Crippen LogP contribution is 2.17. The minimum atomic E-state index is -3.30. The lowest BCUT2D eigenvalue weighted by molar-refractivity contribution is 0.335. The largest absolute Gasteiger partial charge is 0.320 e. The Bertz CT molecular complexity index is 361. The third-order valence-electron chi connectivity index (χ3n) is 3.69. The standard InChI is InChI=1S/C12H28N4O2S/c1-13-7-5-8-15(3)19(17,18)16(4)11-12-6-9-14(2)10-12/h12-13H,5-11H2,1-4H3. The first-order chi connectivity index (χ1) is 8.87. The molecule has 1 N–H and O–H groups in total. The Balaban J connectivity index is 2.46. The molecule has 0 aromatic carbocycles. The third kappa shape index (κ3) is 5.00. The van der Waals surface area contributed by atoms with Crippen molar-refractivity contribution in [2.24, 2.45) is 5.92 Å². The van der Waals surface area contributed by atoms with E-state index in [-0.39, 0.29) is 0 Å². The van der Waals surface area contributed by atoms with Crippen LogP contribution in [0.15, 0.2) is 0 Å². The van der Waals surface area contributed by atoms with E-state index in [0.717, 1.165) is 32.5 Å². The van der Waals surface area contributed by atoms with Crippen molar-refractivity contribution in [1.29, 1.82) is 0 Å². The van der Waals surface area contributed by atoms with E-state index in [9.17, 15) is 8.42 Å². The molecule has 0 radical (unpaired) electrons. The summed E-state index contributed by atoms with van der Waals surface area (Å²) in [6, 6.07) is 0. The maximum absolute atomic E-state index is 12.3. The fourth-order valence-corrected chi connectivity index (χ4v) is 3.70. The summed E-state index contributed by atoms with van der Waals surface area (Å²) in [5, 5.41) is 3.03. The topological polar surface area (TPSA) is 55.9 Å². The Labute approximate surface area is 117 Å². The summed E-state index contributed by atoms with van der Waals surface area (Å²) in [4.78, 5) is 2.25. The molecule has 0 bridgehead atoms. The lowest BCUT2D eigenvalue weighted by atomic mass is 10.1. The number of hydrogen-bond donors (Lipinski definition) is 1. The van der Waals surface area contributed by atoms with Gasteiger partial charge in [-0.25, -0.2) is 0 Å². The second-order valence-electron chi connectivity index (χ2n) is 5.48. The van der Waals surface area contributed by atoms with Crippen LogP contribution in [0.4, 0.5) is 0 Å². The maximum Gasteiger partial charge on any atom is 0.281 e. The van der Waals surface area contributed by atoms with Crippen molar-refractivity contribution in [3.8, 4) is 0 Å². The van der Waals surface area contributed by atoms with Crippen LogP contribution in [0, 0.1) is 5.92 Å². The molecule has 1 unspecified atom stereocenters. The first-order valence-electron chi connectivity index (χ1n) is 6.88.